The molecule has 32 heavy (non-hydrogen) atoms. The summed E-state index contributed by atoms with van der Waals surface area (Å²) in [5, 5.41) is 12.0. The number of aliphatic carboxylic acids is 1. The molecule has 0 aromatic heterocycles. The molecular formula is C28H39NO3. The number of nitrogens with zero attached hydrogens (tertiary/aromatic N) is 1. The molecule has 174 valence electrons. The van der Waals surface area contributed by atoms with Crippen LogP contribution in [0.1, 0.15) is 77.0 Å². The number of fused-ring (bicyclic) bond motifs is 1. The Kier molecular flexibility index (Phi) is 6.53. The predicted octanol–water partition coefficient (Wildman–Crippen LogP) is 6.60. The van der Waals surface area contributed by atoms with Gasteiger partial charge in [0.15, 0.2) is 0 Å². The van der Waals surface area contributed by atoms with Gasteiger partial charge in [0.25, 0.3) is 0 Å². The second-order valence-corrected chi connectivity index (χ2v) is 11.1. The number of aryl methyl sites for hydroxylation is 1. The van der Waals surface area contributed by atoms with Crippen molar-refractivity contribution in [2.24, 2.45) is 17.3 Å². The lowest BCUT2D eigenvalue weighted by atomic mass is 9.72. The first-order valence-corrected chi connectivity index (χ1v) is 12.3. The average molecular weight is 438 g/mol. The van der Waals surface area contributed by atoms with Crippen LogP contribution in [0.15, 0.2) is 30.3 Å². The second kappa shape index (κ2) is 9.05. The van der Waals surface area contributed by atoms with E-state index in [0.29, 0.717) is 12.0 Å². The van der Waals surface area contributed by atoms with E-state index in [1.807, 2.05) is 0 Å². The molecule has 1 heterocycles. The third-order valence-corrected chi connectivity index (χ3v) is 7.98. The Balaban J connectivity index is 1.63. The first kappa shape index (κ1) is 23.1. The molecule has 2 aromatic carbocycles. The monoisotopic (exact) mass is 437 g/mol. The molecule has 4 rings (SSSR count). The van der Waals surface area contributed by atoms with Crippen LogP contribution in [0.5, 0.6) is 5.75 Å². The lowest BCUT2D eigenvalue weighted by Crippen LogP contribution is -2.31. The summed E-state index contributed by atoms with van der Waals surface area (Å²) in [6, 6.07) is 10.9. The number of likely N-dealkylation sites (tertiary alicyclic amines) is 1. The molecule has 0 spiro atoms. The highest BCUT2D eigenvalue weighted by Gasteiger charge is 2.34. The maximum Gasteiger partial charge on any atom is 0.307 e. The summed E-state index contributed by atoms with van der Waals surface area (Å²) in [6.45, 7) is 12.9. The van der Waals surface area contributed by atoms with E-state index in [1.54, 1.807) is 0 Å². The second-order valence-electron chi connectivity index (χ2n) is 11.1. The third-order valence-electron chi connectivity index (χ3n) is 7.98. The standard InChI is InChI=1S/C28H39NO3/c1-18-16-25(32-22-12-10-21(11-13-22)28(3,4)5)26(24-9-7-6-8-23(18)24)19(2)29-15-14-20(17-29)27(30)31/h6-9,16,19-22H,10-15,17H2,1-5H3,(H,30,31). The highest BCUT2D eigenvalue weighted by atomic mass is 16.5. The zero-order valence-electron chi connectivity index (χ0n) is 20.4. The maximum atomic E-state index is 11.5. The van der Waals surface area contributed by atoms with E-state index in [4.69, 9.17) is 4.74 Å². The molecule has 4 heteroatoms. The fourth-order valence-corrected chi connectivity index (χ4v) is 5.82. The third kappa shape index (κ3) is 4.66. The summed E-state index contributed by atoms with van der Waals surface area (Å²) >= 11 is 0. The van der Waals surface area contributed by atoms with Crippen molar-refractivity contribution >= 4 is 16.7 Å². The van der Waals surface area contributed by atoms with Gasteiger partial charge in [0, 0.05) is 18.2 Å². The smallest absolute Gasteiger partial charge is 0.307 e. The van der Waals surface area contributed by atoms with Crippen LogP contribution < -0.4 is 4.74 Å². The van der Waals surface area contributed by atoms with E-state index in [9.17, 15) is 9.90 Å². The summed E-state index contributed by atoms with van der Waals surface area (Å²) in [4.78, 5) is 13.9. The van der Waals surface area contributed by atoms with Gasteiger partial charge in [0.05, 0.1) is 12.0 Å². The van der Waals surface area contributed by atoms with Crippen LogP contribution in [0.25, 0.3) is 10.8 Å². The van der Waals surface area contributed by atoms with Crippen molar-refractivity contribution in [2.75, 3.05) is 13.1 Å². The molecule has 0 radical (unpaired) electrons. The molecule has 4 nitrogen and oxygen atoms in total. The van der Waals surface area contributed by atoms with Crippen LogP contribution in [0.2, 0.25) is 0 Å². The zero-order chi connectivity index (χ0) is 23.0. The summed E-state index contributed by atoms with van der Waals surface area (Å²) < 4.78 is 6.75. The fourth-order valence-electron chi connectivity index (χ4n) is 5.82. The van der Waals surface area contributed by atoms with Crippen molar-refractivity contribution in [3.05, 3.63) is 41.5 Å². The average Bonchev–Trinajstić information content (AvgIpc) is 3.24. The van der Waals surface area contributed by atoms with Crippen molar-refractivity contribution in [3.8, 4) is 5.75 Å². The number of carbonyl (C=O) groups is 1. The van der Waals surface area contributed by atoms with Gasteiger partial charge in [0.1, 0.15) is 5.75 Å². The molecule has 1 saturated heterocycles. The molecule has 1 aliphatic heterocycles. The highest BCUT2D eigenvalue weighted by molar-refractivity contribution is 5.91. The van der Waals surface area contributed by atoms with Crippen LogP contribution in [0.4, 0.5) is 0 Å². The zero-order valence-corrected chi connectivity index (χ0v) is 20.4. The minimum absolute atomic E-state index is 0.116. The predicted molar refractivity (Wildman–Crippen MR) is 130 cm³/mol. The number of hydrogen-bond donors (Lipinski definition) is 1. The minimum Gasteiger partial charge on any atom is -0.490 e. The van der Waals surface area contributed by atoms with Gasteiger partial charge < -0.3 is 9.84 Å². The molecule has 2 aliphatic rings. The number of carboxylic acids is 1. The van der Waals surface area contributed by atoms with E-state index in [0.717, 1.165) is 37.5 Å². The van der Waals surface area contributed by atoms with E-state index >= 15 is 0 Å². The van der Waals surface area contributed by atoms with E-state index in [2.05, 4.69) is 69.9 Å². The molecule has 2 atom stereocenters. The van der Waals surface area contributed by atoms with Crippen molar-refractivity contribution in [3.63, 3.8) is 0 Å². The number of benzene rings is 2. The summed E-state index contributed by atoms with van der Waals surface area (Å²) in [5.74, 6) is 0.801. The van der Waals surface area contributed by atoms with Gasteiger partial charge in [-0.05, 0) is 86.2 Å². The van der Waals surface area contributed by atoms with Gasteiger partial charge >= 0.3 is 5.97 Å². The van der Waals surface area contributed by atoms with Crippen LogP contribution >= 0.6 is 0 Å². The van der Waals surface area contributed by atoms with Crippen molar-refractivity contribution in [1.82, 2.24) is 4.90 Å². The number of rotatable bonds is 5. The van der Waals surface area contributed by atoms with E-state index in [-0.39, 0.29) is 18.1 Å². The van der Waals surface area contributed by atoms with Gasteiger partial charge in [-0.1, -0.05) is 45.0 Å². The molecule has 0 bridgehead atoms. The van der Waals surface area contributed by atoms with E-state index < -0.39 is 5.97 Å². The van der Waals surface area contributed by atoms with Crippen molar-refractivity contribution in [1.29, 1.82) is 0 Å². The van der Waals surface area contributed by atoms with Crippen LogP contribution in [-0.2, 0) is 4.79 Å². The number of ether oxygens (including phenoxy) is 1. The molecule has 1 aliphatic carbocycles. The van der Waals surface area contributed by atoms with Gasteiger partial charge in [-0.3, -0.25) is 9.69 Å². The SMILES string of the molecule is Cc1cc(OC2CCC(C(C)(C)C)CC2)c(C(C)N2CCC(C(=O)O)C2)c2ccccc12. The first-order valence-electron chi connectivity index (χ1n) is 12.3. The van der Waals surface area contributed by atoms with Gasteiger partial charge in [-0.15, -0.1) is 0 Å². The van der Waals surface area contributed by atoms with Crippen molar-refractivity contribution in [2.45, 2.75) is 78.9 Å². The first-order chi connectivity index (χ1) is 15.1. The summed E-state index contributed by atoms with van der Waals surface area (Å²) in [7, 11) is 0. The molecule has 2 aromatic rings. The van der Waals surface area contributed by atoms with Crippen LogP contribution in [-0.4, -0.2) is 35.2 Å². The van der Waals surface area contributed by atoms with E-state index in [1.165, 1.54) is 34.7 Å². The van der Waals surface area contributed by atoms with Gasteiger partial charge in [-0.2, -0.15) is 0 Å². The Morgan fingerprint density at radius 1 is 1.09 bits per heavy atom. The number of carboxylic acid groups (broad SMARTS) is 1. The minimum atomic E-state index is -0.680. The Bertz CT molecular complexity index is 969. The lowest BCUT2D eigenvalue weighted by Gasteiger charge is -2.37. The van der Waals surface area contributed by atoms with Gasteiger partial charge in [0.2, 0.25) is 0 Å². The van der Waals surface area contributed by atoms with Gasteiger partial charge in [-0.25, -0.2) is 0 Å². The fraction of sp³-hybridized carbons (Fsp3) is 0.607. The van der Waals surface area contributed by atoms with Crippen LogP contribution in [0, 0.1) is 24.2 Å². The van der Waals surface area contributed by atoms with Crippen molar-refractivity contribution < 1.29 is 14.6 Å². The lowest BCUT2D eigenvalue weighted by molar-refractivity contribution is -0.141. The Hall–Kier alpha value is -2.07. The molecule has 2 unspecified atom stereocenters. The Morgan fingerprint density at radius 2 is 1.75 bits per heavy atom. The topological polar surface area (TPSA) is 49.8 Å². The largest absolute Gasteiger partial charge is 0.490 e. The Labute approximate surface area is 192 Å². The molecular weight excluding hydrogens is 398 g/mol. The summed E-state index contributed by atoms with van der Waals surface area (Å²) in [6.07, 6.45) is 5.62. The van der Waals surface area contributed by atoms with Crippen LogP contribution in [0.3, 0.4) is 0 Å². The molecule has 1 N–H and O–H groups in total. The maximum absolute atomic E-state index is 11.5. The Morgan fingerprint density at radius 3 is 2.34 bits per heavy atom. The molecule has 0 amide bonds. The molecule has 2 fully saturated rings. The highest BCUT2D eigenvalue weighted by Crippen LogP contribution is 2.43. The molecule has 1 saturated carbocycles. The summed E-state index contributed by atoms with van der Waals surface area (Å²) in [5.41, 5.74) is 2.82. The number of hydrogen-bond acceptors (Lipinski definition) is 3. The quantitative estimate of drug-likeness (QED) is 0.572. The normalized spacial score (nSPS) is 25.7.